The minimum absolute atomic E-state index is 0.311. The lowest BCUT2D eigenvalue weighted by Gasteiger charge is -2.16. The third kappa shape index (κ3) is 6.23. The van der Waals surface area contributed by atoms with Gasteiger partial charge in [0.15, 0.2) is 0 Å². The molecular formula is C14H30N2O2S. The SMILES string of the molecule is CCCC1CCN(S(=O)(=O)CCCCNC(C)C)C1. The van der Waals surface area contributed by atoms with E-state index in [4.69, 9.17) is 0 Å². The number of sulfonamides is 1. The van der Waals surface area contributed by atoms with E-state index in [-0.39, 0.29) is 0 Å². The highest BCUT2D eigenvalue weighted by molar-refractivity contribution is 7.89. The van der Waals surface area contributed by atoms with Crippen LogP contribution in [0.15, 0.2) is 0 Å². The zero-order valence-electron chi connectivity index (χ0n) is 12.7. The average molecular weight is 290 g/mol. The van der Waals surface area contributed by atoms with Crippen LogP contribution in [-0.4, -0.2) is 44.2 Å². The fourth-order valence-electron chi connectivity index (χ4n) is 2.62. The van der Waals surface area contributed by atoms with Gasteiger partial charge in [0.1, 0.15) is 0 Å². The molecule has 0 amide bonds. The van der Waals surface area contributed by atoms with Crippen LogP contribution in [0.2, 0.25) is 0 Å². The first-order chi connectivity index (χ1) is 8.95. The van der Waals surface area contributed by atoms with E-state index in [1.165, 1.54) is 0 Å². The van der Waals surface area contributed by atoms with Crippen molar-refractivity contribution in [2.24, 2.45) is 5.92 Å². The summed E-state index contributed by atoms with van der Waals surface area (Å²) >= 11 is 0. The summed E-state index contributed by atoms with van der Waals surface area (Å²) in [5.41, 5.74) is 0. The fourth-order valence-corrected chi connectivity index (χ4v) is 4.27. The van der Waals surface area contributed by atoms with E-state index in [2.05, 4.69) is 26.1 Å². The molecule has 0 aliphatic carbocycles. The second kappa shape index (κ2) is 8.22. The molecule has 1 N–H and O–H groups in total. The van der Waals surface area contributed by atoms with Gasteiger partial charge in [0.05, 0.1) is 5.75 Å². The second-order valence-corrected chi connectivity index (χ2v) is 8.02. The zero-order valence-corrected chi connectivity index (χ0v) is 13.5. The van der Waals surface area contributed by atoms with E-state index < -0.39 is 10.0 Å². The first-order valence-electron chi connectivity index (χ1n) is 7.67. The predicted molar refractivity (Wildman–Crippen MR) is 80.7 cm³/mol. The van der Waals surface area contributed by atoms with Gasteiger partial charge in [-0.3, -0.25) is 0 Å². The predicted octanol–water partition coefficient (Wildman–Crippen LogP) is 2.22. The molecule has 1 aliphatic rings. The number of nitrogens with one attached hydrogen (secondary N) is 1. The smallest absolute Gasteiger partial charge is 0.214 e. The van der Waals surface area contributed by atoms with Crippen molar-refractivity contribution in [2.45, 2.75) is 58.9 Å². The lowest BCUT2D eigenvalue weighted by atomic mass is 10.0. The van der Waals surface area contributed by atoms with Gasteiger partial charge >= 0.3 is 0 Å². The van der Waals surface area contributed by atoms with E-state index in [0.29, 0.717) is 17.7 Å². The number of hydrogen-bond donors (Lipinski definition) is 1. The van der Waals surface area contributed by atoms with Gasteiger partial charge in [-0.2, -0.15) is 0 Å². The van der Waals surface area contributed by atoms with Gasteiger partial charge in [0, 0.05) is 19.1 Å². The summed E-state index contributed by atoms with van der Waals surface area (Å²) in [5, 5.41) is 3.32. The number of hydrogen-bond acceptors (Lipinski definition) is 3. The zero-order chi connectivity index (χ0) is 14.3. The second-order valence-electron chi connectivity index (χ2n) is 5.93. The molecule has 19 heavy (non-hydrogen) atoms. The molecule has 0 aromatic heterocycles. The molecule has 0 aromatic rings. The fraction of sp³-hybridized carbons (Fsp3) is 1.00. The van der Waals surface area contributed by atoms with Crippen LogP contribution in [0.4, 0.5) is 0 Å². The summed E-state index contributed by atoms with van der Waals surface area (Å²) in [6.07, 6.45) is 5.05. The van der Waals surface area contributed by atoms with Gasteiger partial charge in [0.25, 0.3) is 0 Å². The molecule has 1 unspecified atom stereocenters. The molecule has 4 nitrogen and oxygen atoms in total. The first-order valence-corrected chi connectivity index (χ1v) is 9.27. The molecule has 114 valence electrons. The Kier molecular flexibility index (Phi) is 7.32. The minimum Gasteiger partial charge on any atom is -0.315 e. The lowest BCUT2D eigenvalue weighted by Crippen LogP contribution is -2.31. The maximum atomic E-state index is 12.2. The Hall–Kier alpha value is -0.130. The van der Waals surface area contributed by atoms with Crippen molar-refractivity contribution >= 4 is 10.0 Å². The van der Waals surface area contributed by atoms with Crippen LogP contribution in [-0.2, 0) is 10.0 Å². The van der Waals surface area contributed by atoms with E-state index in [1.807, 2.05) is 0 Å². The van der Waals surface area contributed by atoms with Gasteiger partial charge in [-0.05, 0) is 38.1 Å². The van der Waals surface area contributed by atoms with Crippen LogP contribution in [0, 0.1) is 5.92 Å². The molecule has 1 fully saturated rings. The van der Waals surface area contributed by atoms with E-state index in [1.54, 1.807) is 4.31 Å². The van der Waals surface area contributed by atoms with Crippen LogP contribution < -0.4 is 5.32 Å². The Bertz CT molecular complexity index is 341. The maximum Gasteiger partial charge on any atom is 0.214 e. The Morgan fingerprint density at radius 2 is 2.05 bits per heavy atom. The quantitative estimate of drug-likeness (QED) is 0.662. The van der Waals surface area contributed by atoms with Crippen LogP contribution in [0.5, 0.6) is 0 Å². The number of rotatable bonds is 9. The molecule has 0 radical (unpaired) electrons. The molecule has 1 atom stereocenters. The molecule has 0 saturated carbocycles. The van der Waals surface area contributed by atoms with Gasteiger partial charge in [-0.25, -0.2) is 12.7 Å². The van der Waals surface area contributed by atoms with Crippen molar-refractivity contribution in [2.75, 3.05) is 25.4 Å². The van der Waals surface area contributed by atoms with E-state index in [0.717, 1.165) is 51.7 Å². The Balaban J connectivity index is 2.24. The Morgan fingerprint density at radius 3 is 2.68 bits per heavy atom. The molecule has 1 saturated heterocycles. The number of nitrogens with zero attached hydrogens (tertiary/aromatic N) is 1. The molecule has 0 aromatic carbocycles. The Morgan fingerprint density at radius 1 is 1.32 bits per heavy atom. The van der Waals surface area contributed by atoms with Gasteiger partial charge in [-0.15, -0.1) is 0 Å². The van der Waals surface area contributed by atoms with Gasteiger partial charge < -0.3 is 5.32 Å². The van der Waals surface area contributed by atoms with E-state index in [9.17, 15) is 8.42 Å². The van der Waals surface area contributed by atoms with Gasteiger partial charge in [0.2, 0.25) is 10.0 Å². The standard InChI is InChI=1S/C14H30N2O2S/c1-4-7-14-8-10-16(12-14)19(17,18)11-6-5-9-15-13(2)3/h13-15H,4-12H2,1-3H3. The molecule has 1 heterocycles. The van der Waals surface area contributed by atoms with Crippen molar-refractivity contribution in [1.82, 2.24) is 9.62 Å². The summed E-state index contributed by atoms with van der Waals surface area (Å²) in [4.78, 5) is 0. The molecule has 0 bridgehead atoms. The first kappa shape index (κ1) is 16.9. The minimum atomic E-state index is -3.01. The summed E-state index contributed by atoms with van der Waals surface area (Å²) < 4.78 is 26.1. The molecular weight excluding hydrogens is 260 g/mol. The monoisotopic (exact) mass is 290 g/mol. The largest absolute Gasteiger partial charge is 0.315 e. The molecule has 1 rings (SSSR count). The Labute approximate surface area is 119 Å². The maximum absolute atomic E-state index is 12.2. The van der Waals surface area contributed by atoms with Crippen molar-refractivity contribution in [3.8, 4) is 0 Å². The van der Waals surface area contributed by atoms with Crippen LogP contribution in [0.25, 0.3) is 0 Å². The van der Waals surface area contributed by atoms with Gasteiger partial charge in [-0.1, -0.05) is 27.2 Å². The lowest BCUT2D eigenvalue weighted by molar-refractivity contribution is 0.443. The third-order valence-electron chi connectivity index (χ3n) is 3.72. The normalized spacial score (nSPS) is 21.4. The van der Waals surface area contributed by atoms with Crippen LogP contribution >= 0.6 is 0 Å². The highest BCUT2D eigenvalue weighted by atomic mass is 32.2. The average Bonchev–Trinajstić information content (AvgIpc) is 2.78. The van der Waals surface area contributed by atoms with Crippen LogP contribution in [0.3, 0.4) is 0 Å². The van der Waals surface area contributed by atoms with Crippen molar-refractivity contribution < 1.29 is 8.42 Å². The topological polar surface area (TPSA) is 49.4 Å². The molecule has 0 spiro atoms. The summed E-state index contributed by atoms with van der Waals surface area (Å²) in [6.45, 7) is 8.77. The highest BCUT2D eigenvalue weighted by Gasteiger charge is 2.30. The summed E-state index contributed by atoms with van der Waals surface area (Å²) in [5.74, 6) is 0.897. The third-order valence-corrected chi connectivity index (χ3v) is 5.64. The van der Waals surface area contributed by atoms with Crippen LogP contribution in [0.1, 0.15) is 52.9 Å². The molecule has 5 heteroatoms. The van der Waals surface area contributed by atoms with Crippen molar-refractivity contribution in [3.05, 3.63) is 0 Å². The number of unbranched alkanes of at least 4 members (excludes halogenated alkanes) is 1. The summed E-state index contributed by atoms with van der Waals surface area (Å²) in [6, 6.07) is 0.477. The van der Waals surface area contributed by atoms with Crippen molar-refractivity contribution in [3.63, 3.8) is 0 Å². The highest BCUT2D eigenvalue weighted by Crippen LogP contribution is 2.23. The summed E-state index contributed by atoms with van der Waals surface area (Å²) in [7, 11) is -3.01. The molecule has 1 aliphatic heterocycles. The van der Waals surface area contributed by atoms with E-state index >= 15 is 0 Å². The van der Waals surface area contributed by atoms with Crippen molar-refractivity contribution in [1.29, 1.82) is 0 Å².